The molecule has 0 bridgehead atoms. The number of para-hydroxylation sites is 1. The third kappa shape index (κ3) is 5.12. The van der Waals surface area contributed by atoms with Gasteiger partial charge in [-0.1, -0.05) is 36.1 Å². The van der Waals surface area contributed by atoms with Crippen LogP contribution in [0.5, 0.6) is 11.6 Å². The van der Waals surface area contributed by atoms with Crippen molar-refractivity contribution in [3.63, 3.8) is 0 Å². The number of rotatable bonds is 7. The second-order valence-electron chi connectivity index (χ2n) is 7.77. The van der Waals surface area contributed by atoms with Crippen molar-refractivity contribution in [2.75, 3.05) is 23.7 Å². The first-order valence-electron chi connectivity index (χ1n) is 10.9. The summed E-state index contributed by atoms with van der Waals surface area (Å²) in [5.41, 5.74) is 0.773. The fourth-order valence-corrected chi connectivity index (χ4v) is 4.57. The maximum Gasteiger partial charge on any atom is 0.246 e. The Hall–Kier alpha value is -4.05. The predicted molar refractivity (Wildman–Crippen MR) is 133 cm³/mol. The Morgan fingerprint density at radius 1 is 1.15 bits per heavy atom. The largest absolute Gasteiger partial charge is 0.439 e. The van der Waals surface area contributed by atoms with Gasteiger partial charge in [0.15, 0.2) is 5.13 Å². The average Bonchev–Trinajstić information content (AvgIpc) is 3.26. The Labute approximate surface area is 200 Å². The minimum Gasteiger partial charge on any atom is -0.439 e. The summed E-state index contributed by atoms with van der Waals surface area (Å²) in [6.07, 6.45) is 4.90. The van der Waals surface area contributed by atoms with Crippen molar-refractivity contribution < 1.29 is 9.53 Å². The smallest absolute Gasteiger partial charge is 0.246 e. The topological polar surface area (TPSA) is 105 Å². The minimum atomic E-state index is -0.0513. The number of carbonyl (C=O) groups excluding carboxylic acids is 1. The van der Waals surface area contributed by atoms with Crippen molar-refractivity contribution in [1.29, 1.82) is 0 Å². The molecule has 1 aromatic carbocycles. The highest BCUT2D eigenvalue weighted by Gasteiger charge is 2.22. The summed E-state index contributed by atoms with van der Waals surface area (Å²) in [7, 11) is 0. The molecule has 4 heterocycles. The molecule has 10 heteroatoms. The number of pyridine rings is 1. The lowest BCUT2D eigenvalue weighted by atomic mass is 10.1. The third-order valence-corrected chi connectivity index (χ3v) is 6.21. The Morgan fingerprint density at radius 3 is 2.88 bits per heavy atom. The number of benzene rings is 1. The van der Waals surface area contributed by atoms with Gasteiger partial charge in [0, 0.05) is 31.4 Å². The second kappa shape index (κ2) is 9.84. The number of piperidine rings is 1. The van der Waals surface area contributed by atoms with Gasteiger partial charge in [-0.2, -0.15) is 4.98 Å². The van der Waals surface area contributed by atoms with Crippen LogP contribution in [0.25, 0.3) is 10.3 Å². The molecule has 1 aliphatic rings. The van der Waals surface area contributed by atoms with Crippen molar-refractivity contribution in [1.82, 2.24) is 24.8 Å². The molecular weight excluding hydrogens is 450 g/mol. The molecule has 1 aliphatic heterocycles. The molecule has 0 radical (unpaired) electrons. The van der Waals surface area contributed by atoms with Gasteiger partial charge in [-0.05, 0) is 43.2 Å². The highest BCUT2D eigenvalue weighted by Crippen LogP contribution is 2.29. The van der Waals surface area contributed by atoms with Crippen molar-refractivity contribution in [3.8, 4) is 11.6 Å². The molecule has 34 heavy (non-hydrogen) atoms. The van der Waals surface area contributed by atoms with Gasteiger partial charge in [0.2, 0.25) is 17.7 Å². The van der Waals surface area contributed by atoms with Crippen LogP contribution in [0.2, 0.25) is 0 Å². The Balaban J connectivity index is 1.26. The fraction of sp³-hybridized carbons (Fsp3) is 0.208. The van der Waals surface area contributed by atoms with Gasteiger partial charge in [0.25, 0.3) is 0 Å². The number of likely N-dealkylation sites (tertiary alicyclic amines) is 1. The summed E-state index contributed by atoms with van der Waals surface area (Å²) >= 11 is 1.42. The first kappa shape index (κ1) is 21.8. The molecule has 9 nitrogen and oxygen atoms in total. The number of hydrogen-bond donors (Lipinski definition) is 2. The van der Waals surface area contributed by atoms with E-state index in [2.05, 4.69) is 37.1 Å². The Bertz CT molecular complexity index is 1310. The van der Waals surface area contributed by atoms with Crippen molar-refractivity contribution in [2.24, 2.45) is 0 Å². The summed E-state index contributed by atoms with van der Waals surface area (Å²) in [5.74, 6) is 2.31. The number of nitrogens with zero attached hydrogens (tertiary/aromatic N) is 5. The molecule has 1 amide bonds. The van der Waals surface area contributed by atoms with E-state index < -0.39 is 0 Å². The number of hydrogen-bond acceptors (Lipinski definition) is 9. The molecule has 0 aliphatic carbocycles. The second-order valence-corrected chi connectivity index (χ2v) is 8.75. The minimum absolute atomic E-state index is 0.0513. The van der Waals surface area contributed by atoms with Gasteiger partial charge in [-0.25, -0.2) is 15.0 Å². The van der Waals surface area contributed by atoms with Crippen LogP contribution in [0.1, 0.15) is 12.8 Å². The van der Waals surface area contributed by atoms with Crippen LogP contribution in [-0.4, -0.2) is 49.9 Å². The Kier molecular flexibility index (Phi) is 6.30. The molecule has 4 aromatic rings. The zero-order chi connectivity index (χ0) is 23.3. The monoisotopic (exact) mass is 473 g/mol. The van der Waals surface area contributed by atoms with Crippen LogP contribution in [0.4, 0.5) is 16.9 Å². The number of aromatic nitrogens is 4. The standard InChI is InChI=1S/C24H23N7O2S/c1-2-21(32)31-14-6-7-16(15-31)26-23-25-13-12-19(28-23)29-24-27-18-10-11-20(30-22(18)34-24)33-17-8-4-3-5-9-17/h2-5,8-13,16H,1,6-7,14-15H2,(H2,25,26,27,28,29)/t16-/m1/s1. The van der Waals surface area contributed by atoms with Crippen LogP contribution >= 0.6 is 11.3 Å². The number of fused-ring (bicyclic) bond motifs is 1. The summed E-state index contributed by atoms with van der Waals surface area (Å²) < 4.78 is 5.82. The van der Waals surface area contributed by atoms with E-state index in [1.165, 1.54) is 17.4 Å². The molecular formula is C24H23N7O2S. The molecule has 1 saturated heterocycles. The summed E-state index contributed by atoms with van der Waals surface area (Å²) in [5, 5.41) is 7.24. The van der Waals surface area contributed by atoms with Gasteiger partial charge in [-0.15, -0.1) is 0 Å². The van der Waals surface area contributed by atoms with E-state index in [1.807, 2.05) is 36.4 Å². The molecule has 2 N–H and O–H groups in total. The third-order valence-electron chi connectivity index (χ3n) is 5.33. The van der Waals surface area contributed by atoms with Crippen LogP contribution < -0.4 is 15.4 Å². The van der Waals surface area contributed by atoms with E-state index in [1.54, 1.807) is 23.2 Å². The number of amides is 1. The van der Waals surface area contributed by atoms with Crippen LogP contribution in [-0.2, 0) is 4.79 Å². The molecule has 0 unspecified atom stereocenters. The normalized spacial score (nSPS) is 15.6. The molecule has 0 saturated carbocycles. The van der Waals surface area contributed by atoms with E-state index in [4.69, 9.17) is 4.74 Å². The summed E-state index contributed by atoms with van der Waals surface area (Å²) in [6, 6.07) is 15.1. The van der Waals surface area contributed by atoms with Crippen molar-refractivity contribution in [3.05, 3.63) is 67.4 Å². The van der Waals surface area contributed by atoms with E-state index in [-0.39, 0.29) is 11.9 Å². The number of thiazole rings is 1. The van der Waals surface area contributed by atoms with Gasteiger partial charge in [0.05, 0.1) is 0 Å². The quantitative estimate of drug-likeness (QED) is 0.375. The fourth-order valence-electron chi connectivity index (χ4n) is 3.73. The summed E-state index contributed by atoms with van der Waals surface area (Å²) in [6.45, 7) is 4.92. The lowest BCUT2D eigenvalue weighted by Crippen LogP contribution is -2.44. The molecule has 5 rings (SSSR count). The molecule has 0 spiro atoms. The zero-order valence-corrected chi connectivity index (χ0v) is 19.2. The van der Waals surface area contributed by atoms with Crippen LogP contribution in [0.15, 0.2) is 67.4 Å². The number of ether oxygens (including phenoxy) is 1. The average molecular weight is 474 g/mol. The van der Waals surface area contributed by atoms with Crippen molar-refractivity contribution >= 4 is 44.5 Å². The SMILES string of the molecule is C=CC(=O)N1CCC[C@@H](Nc2nccc(Nc3nc4ccc(Oc5ccccc5)nc4s3)n2)C1. The van der Waals surface area contributed by atoms with E-state index in [9.17, 15) is 4.79 Å². The van der Waals surface area contributed by atoms with E-state index >= 15 is 0 Å². The van der Waals surface area contributed by atoms with Gasteiger partial charge in [0.1, 0.15) is 21.9 Å². The first-order valence-corrected chi connectivity index (χ1v) is 11.8. The first-order chi connectivity index (χ1) is 16.7. The maximum absolute atomic E-state index is 11.9. The lowest BCUT2D eigenvalue weighted by molar-refractivity contribution is -0.127. The van der Waals surface area contributed by atoms with E-state index in [0.717, 1.165) is 35.5 Å². The van der Waals surface area contributed by atoms with Gasteiger partial charge < -0.3 is 20.3 Å². The van der Waals surface area contributed by atoms with E-state index in [0.29, 0.717) is 29.3 Å². The number of anilines is 3. The van der Waals surface area contributed by atoms with Crippen molar-refractivity contribution in [2.45, 2.75) is 18.9 Å². The molecule has 172 valence electrons. The Morgan fingerprint density at radius 2 is 2.03 bits per heavy atom. The van der Waals surface area contributed by atoms with Crippen LogP contribution in [0, 0.1) is 0 Å². The van der Waals surface area contributed by atoms with Gasteiger partial charge in [-0.3, -0.25) is 4.79 Å². The summed E-state index contributed by atoms with van der Waals surface area (Å²) in [4.78, 5) is 32.5. The lowest BCUT2D eigenvalue weighted by Gasteiger charge is -2.32. The highest BCUT2D eigenvalue weighted by molar-refractivity contribution is 7.21. The van der Waals surface area contributed by atoms with Gasteiger partial charge >= 0.3 is 0 Å². The number of carbonyl (C=O) groups is 1. The number of nitrogens with one attached hydrogen (secondary N) is 2. The van der Waals surface area contributed by atoms with Crippen LogP contribution in [0.3, 0.4) is 0 Å². The zero-order valence-electron chi connectivity index (χ0n) is 18.3. The highest BCUT2D eigenvalue weighted by atomic mass is 32.1. The maximum atomic E-state index is 11.9. The predicted octanol–water partition coefficient (Wildman–Crippen LogP) is 4.61. The molecule has 1 atom stereocenters. The molecule has 3 aromatic heterocycles. The molecule has 1 fully saturated rings.